The van der Waals surface area contributed by atoms with Crippen LogP contribution in [0.15, 0.2) is 18.2 Å². The first-order valence-electron chi connectivity index (χ1n) is 5.32. The number of carbonyl (C=O) groups is 2. The van der Waals surface area contributed by atoms with E-state index in [9.17, 15) is 9.59 Å². The lowest BCUT2D eigenvalue weighted by atomic mass is 10.1. The molecule has 2 amide bonds. The zero-order chi connectivity index (χ0) is 12.8. The molecule has 92 valence electrons. The minimum absolute atomic E-state index is 0.263. The summed E-state index contributed by atoms with van der Waals surface area (Å²) in [5.74, 6) is -0.391. The SMILES string of the molecule is CCNC(=O)Nc1ccc(C(=O)OC)cc1C. The Balaban J connectivity index is 2.83. The molecule has 5 nitrogen and oxygen atoms in total. The van der Waals surface area contributed by atoms with Gasteiger partial charge >= 0.3 is 12.0 Å². The summed E-state index contributed by atoms with van der Waals surface area (Å²) < 4.78 is 4.61. The van der Waals surface area contributed by atoms with E-state index in [0.29, 0.717) is 17.8 Å². The number of methoxy groups -OCH3 is 1. The van der Waals surface area contributed by atoms with Crippen LogP contribution >= 0.6 is 0 Å². The van der Waals surface area contributed by atoms with Gasteiger partial charge < -0.3 is 15.4 Å². The standard InChI is InChI=1S/C12H16N2O3/c1-4-13-12(16)14-10-6-5-9(7-8(10)2)11(15)17-3/h5-7H,4H2,1-3H3,(H2,13,14,16). The van der Waals surface area contributed by atoms with Crippen molar-refractivity contribution >= 4 is 17.7 Å². The van der Waals surface area contributed by atoms with E-state index in [1.165, 1.54) is 7.11 Å². The highest BCUT2D eigenvalue weighted by molar-refractivity contribution is 5.93. The summed E-state index contributed by atoms with van der Waals surface area (Å²) in [5, 5.41) is 5.32. The Bertz CT molecular complexity index is 430. The van der Waals surface area contributed by atoms with Crippen LogP contribution in [-0.2, 0) is 4.74 Å². The Morgan fingerprint density at radius 2 is 2.06 bits per heavy atom. The van der Waals surface area contributed by atoms with Gasteiger partial charge in [-0.1, -0.05) is 0 Å². The van der Waals surface area contributed by atoms with Gasteiger partial charge in [0.15, 0.2) is 0 Å². The quantitative estimate of drug-likeness (QED) is 0.788. The summed E-state index contributed by atoms with van der Waals surface area (Å²) in [6, 6.07) is 4.70. The van der Waals surface area contributed by atoms with Crippen molar-refractivity contribution in [2.75, 3.05) is 19.0 Å². The van der Waals surface area contributed by atoms with Gasteiger partial charge in [0, 0.05) is 12.2 Å². The minimum Gasteiger partial charge on any atom is -0.465 e. The van der Waals surface area contributed by atoms with Gasteiger partial charge in [-0.2, -0.15) is 0 Å². The van der Waals surface area contributed by atoms with Crippen LogP contribution in [0.2, 0.25) is 0 Å². The van der Waals surface area contributed by atoms with Crippen molar-refractivity contribution in [3.8, 4) is 0 Å². The number of rotatable bonds is 3. The Morgan fingerprint density at radius 3 is 2.59 bits per heavy atom. The summed E-state index contributed by atoms with van der Waals surface area (Å²) in [6.07, 6.45) is 0. The highest BCUT2D eigenvalue weighted by Crippen LogP contribution is 2.16. The lowest BCUT2D eigenvalue weighted by Gasteiger charge is -2.09. The monoisotopic (exact) mass is 236 g/mol. The van der Waals surface area contributed by atoms with E-state index in [2.05, 4.69) is 15.4 Å². The Hall–Kier alpha value is -2.04. The van der Waals surface area contributed by atoms with Crippen molar-refractivity contribution in [1.82, 2.24) is 5.32 Å². The molecule has 0 spiro atoms. The van der Waals surface area contributed by atoms with Crippen molar-refractivity contribution in [3.63, 3.8) is 0 Å². The molecule has 1 aromatic carbocycles. The Kier molecular flexibility index (Phi) is 4.51. The first-order valence-corrected chi connectivity index (χ1v) is 5.32. The molecule has 2 N–H and O–H groups in total. The molecule has 17 heavy (non-hydrogen) atoms. The average molecular weight is 236 g/mol. The lowest BCUT2D eigenvalue weighted by Crippen LogP contribution is -2.28. The molecule has 0 saturated heterocycles. The first-order chi connectivity index (χ1) is 8.08. The van der Waals surface area contributed by atoms with Gasteiger partial charge in [0.2, 0.25) is 0 Å². The van der Waals surface area contributed by atoms with Crippen molar-refractivity contribution in [2.24, 2.45) is 0 Å². The number of hydrogen-bond donors (Lipinski definition) is 2. The van der Waals surface area contributed by atoms with Crippen LogP contribution in [-0.4, -0.2) is 25.7 Å². The van der Waals surface area contributed by atoms with E-state index in [4.69, 9.17) is 0 Å². The highest BCUT2D eigenvalue weighted by Gasteiger charge is 2.08. The third kappa shape index (κ3) is 3.48. The Labute approximate surface area is 100 Å². The average Bonchev–Trinajstić information content (AvgIpc) is 2.31. The topological polar surface area (TPSA) is 67.4 Å². The summed E-state index contributed by atoms with van der Waals surface area (Å²) >= 11 is 0. The first kappa shape index (κ1) is 13.0. The van der Waals surface area contributed by atoms with Gasteiger partial charge in [-0.15, -0.1) is 0 Å². The maximum atomic E-state index is 11.3. The van der Waals surface area contributed by atoms with Crippen molar-refractivity contribution in [1.29, 1.82) is 0 Å². The molecular formula is C12H16N2O3. The zero-order valence-corrected chi connectivity index (χ0v) is 10.2. The molecule has 0 atom stereocenters. The van der Waals surface area contributed by atoms with Crippen LogP contribution < -0.4 is 10.6 Å². The predicted octanol–water partition coefficient (Wildman–Crippen LogP) is 1.92. The van der Waals surface area contributed by atoms with Crippen LogP contribution in [0.25, 0.3) is 0 Å². The van der Waals surface area contributed by atoms with Crippen LogP contribution in [0.3, 0.4) is 0 Å². The third-order valence-corrected chi connectivity index (χ3v) is 2.23. The fourth-order valence-electron chi connectivity index (χ4n) is 1.38. The predicted molar refractivity (Wildman–Crippen MR) is 65.2 cm³/mol. The number of carbonyl (C=O) groups excluding carboxylic acids is 2. The van der Waals surface area contributed by atoms with E-state index < -0.39 is 5.97 Å². The second kappa shape index (κ2) is 5.89. The van der Waals surface area contributed by atoms with Gasteiger partial charge in [-0.05, 0) is 37.6 Å². The van der Waals surface area contributed by atoms with E-state index in [-0.39, 0.29) is 6.03 Å². The molecule has 0 aliphatic carbocycles. The van der Waals surface area contributed by atoms with Gasteiger partial charge in [-0.25, -0.2) is 9.59 Å². The number of anilines is 1. The van der Waals surface area contributed by atoms with E-state index in [1.54, 1.807) is 18.2 Å². The number of hydrogen-bond acceptors (Lipinski definition) is 3. The largest absolute Gasteiger partial charge is 0.465 e. The number of aryl methyl sites for hydroxylation is 1. The second-order valence-electron chi connectivity index (χ2n) is 3.51. The molecule has 0 saturated carbocycles. The minimum atomic E-state index is -0.391. The molecule has 0 fully saturated rings. The maximum Gasteiger partial charge on any atom is 0.337 e. The number of benzene rings is 1. The number of urea groups is 1. The van der Waals surface area contributed by atoms with Gasteiger partial charge in [0.25, 0.3) is 0 Å². The molecule has 0 heterocycles. The van der Waals surface area contributed by atoms with Gasteiger partial charge in [-0.3, -0.25) is 0 Å². The number of ether oxygens (including phenoxy) is 1. The molecule has 0 aromatic heterocycles. The second-order valence-corrected chi connectivity index (χ2v) is 3.51. The van der Waals surface area contributed by atoms with Crippen LogP contribution in [0.5, 0.6) is 0 Å². The molecule has 1 rings (SSSR count). The Morgan fingerprint density at radius 1 is 1.35 bits per heavy atom. The van der Waals surface area contributed by atoms with Crippen LogP contribution in [0.1, 0.15) is 22.8 Å². The van der Waals surface area contributed by atoms with Gasteiger partial charge in [0.1, 0.15) is 0 Å². The summed E-state index contributed by atoms with van der Waals surface area (Å²) in [6.45, 7) is 4.21. The van der Waals surface area contributed by atoms with Crippen molar-refractivity contribution in [2.45, 2.75) is 13.8 Å². The van der Waals surface area contributed by atoms with Crippen LogP contribution in [0, 0.1) is 6.92 Å². The zero-order valence-electron chi connectivity index (χ0n) is 10.2. The summed E-state index contributed by atoms with van der Waals surface area (Å²) in [7, 11) is 1.33. The molecule has 1 aromatic rings. The molecule has 0 bridgehead atoms. The molecule has 5 heteroatoms. The molecular weight excluding hydrogens is 220 g/mol. The maximum absolute atomic E-state index is 11.3. The smallest absolute Gasteiger partial charge is 0.337 e. The summed E-state index contributed by atoms with van der Waals surface area (Å²) in [5.41, 5.74) is 1.94. The molecule has 0 radical (unpaired) electrons. The van der Waals surface area contributed by atoms with E-state index in [1.807, 2.05) is 13.8 Å². The third-order valence-electron chi connectivity index (χ3n) is 2.23. The van der Waals surface area contributed by atoms with Crippen LogP contribution in [0.4, 0.5) is 10.5 Å². The number of amides is 2. The van der Waals surface area contributed by atoms with E-state index in [0.717, 1.165) is 5.56 Å². The van der Waals surface area contributed by atoms with Crippen molar-refractivity contribution in [3.05, 3.63) is 29.3 Å². The molecule has 0 unspecified atom stereocenters. The van der Waals surface area contributed by atoms with Crippen molar-refractivity contribution < 1.29 is 14.3 Å². The van der Waals surface area contributed by atoms with Gasteiger partial charge in [0.05, 0.1) is 12.7 Å². The fourth-order valence-corrected chi connectivity index (χ4v) is 1.38. The molecule has 0 aliphatic heterocycles. The van der Waals surface area contributed by atoms with E-state index >= 15 is 0 Å². The lowest BCUT2D eigenvalue weighted by molar-refractivity contribution is 0.0600. The molecule has 0 aliphatic rings. The number of nitrogens with one attached hydrogen (secondary N) is 2. The fraction of sp³-hybridized carbons (Fsp3) is 0.333. The highest BCUT2D eigenvalue weighted by atomic mass is 16.5. The number of esters is 1. The summed E-state index contributed by atoms with van der Waals surface area (Å²) in [4.78, 5) is 22.6. The normalized spacial score (nSPS) is 9.59.